The maximum absolute atomic E-state index is 12.8. The van der Waals surface area contributed by atoms with Crippen LogP contribution in [-0.2, 0) is 37.3 Å². The Balaban J connectivity index is 1.52. The smallest absolute Gasteiger partial charge is 0.227 e. The minimum Gasteiger partial charge on any atom is -0.464 e. The lowest BCUT2D eigenvalue weighted by Gasteiger charge is -2.27. The minimum atomic E-state index is -0.0747. The molecule has 0 radical (unpaired) electrons. The molecule has 1 aromatic carbocycles. The summed E-state index contributed by atoms with van der Waals surface area (Å²) in [5, 5.41) is 14.5. The fourth-order valence-electron chi connectivity index (χ4n) is 3.38. The fourth-order valence-corrected chi connectivity index (χ4v) is 3.38. The van der Waals surface area contributed by atoms with E-state index < -0.39 is 0 Å². The average molecular weight is 339 g/mol. The van der Waals surface area contributed by atoms with Crippen molar-refractivity contribution in [3.05, 3.63) is 53.0 Å². The number of aliphatic hydroxyl groups excluding tert-OH is 1. The number of aromatic nitrogens is 2. The van der Waals surface area contributed by atoms with E-state index >= 15 is 0 Å². The summed E-state index contributed by atoms with van der Waals surface area (Å²) in [6.07, 6.45) is 2.99. The molecule has 2 aromatic heterocycles. The van der Waals surface area contributed by atoms with E-state index in [2.05, 4.69) is 24.2 Å². The highest BCUT2D eigenvalue weighted by Crippen LogP contribution is 2.24. The summed E-state index contributed by atoms with van der Waals surface area (Å²) in [5.74, 6) is 0.0857. The summed E-state index contributed by atoms with van der Waals surface area (Å²) in [6, 6.07) is 8.00. The van der Waals surface area contributed by atoms with Crippen molar-refractivity contribution in [2.75, 3.05) is 6.54 Å². The van der Waals surface area contributed by atoms with Gasteiger partial charge < -0.3 is 14.4 Å². The van der Waals surface area contributed by atoms with E-state index in [1.807, 2.05) is 21.7 Å². The molecular weight excluding hydrogens is 318 g/mol. The van der Waals surface area contributed by atoms with Crippen LogP contribution in [0.4, 0.5) is 0 Å². The Bertz CT molecular complexity index is 925. The maximum atomic E-state index is 12.8. The molecule has 1 amide bonds. The van der Waals surface area contributed by atoms with Crippen LogP contribution in [0.15, 0.2) is 34.9 Å². The van der Waals surface area contributed by atoms with Crippen molar-refractivity contribution in [1.82, 2.24) is 14.7 Å². The number of hydrogen-bond acceptors (Lipinski definition) is 4. The number of amides is 1. The van der Waals surface area contributed by atoms with Gasteiger partial charge in [-0.3, -0.25) is 9.48 Å². The summed E-state index contributed by atoms with van der Waals surface area (Å²) in [7, 11) is 0. The predicted molar refractivity (Wildman–Crippen MR) is 92.9 cm³/mol. The van der Waals surface area contributed by atoms with Gasteiger partial charge in [-0.05, 0) is 30.2 Å². The van der Waals surface area contributed by atoms with E-state index in [1.165, 1.54) is 5.56 Å². The van der Waals surface area contributed by atoms with Gasteiger partial charge in [0.2, 0.25) is 5.91 Å². The monoisotopic (exact) mass is 339 g/mol. The quantitative estimate of drug-likeness (QED) is 0.791. The lowest BCUT2D eigenvalue weighted by Crippen LogP contribution is -2.39. The molecule has 0 saturated carbocycles. The van der Waals surface area contributed by atoms with Crippen molar-refractivity contribution in [2.45, 2.75) is 39.5 Å². The van der Waals surface area contributed by atoms with E-state index in [0.29, 0.717) is 31.7 Å². The van der Waals surface area contributed by atoms with E-state index in [1.54, 1.807) is 6.26 Å². The third-order valence-corrected chi connectivity index (χ3v) is 4.83. The van der Waals surface area contributed by atoms with Crippen LogP contribution >= 0.6 is 0 Å². The van der Waals surface area contributed by atoms with Crippen molar-refractivity contribution in [1.29, 1.82) is 0 Å². The molecule has 130 valence electrons. The molecule has 1 aliphatic rings. The number of aryl methyl sites for hydroxylation is 1. The molecule has 3 aromatic rings. The molecule has 1 N–H and O–H groups in total. The third-order valence-electron chi connectivity index (χ3n) is 4.83. The molecule has 0 saturated heterocycles. The molecule has 3 heterocycles. The van der Waals surface area contributed by atoms with E-state index in [-0.39, 0.29) is 12.5 Å². The lowest BCUT2D eigenvalue weighted by atomic mass is 10.1. The second-order valence-corrected chi connectivity index (χ2v) is 6.45. The molecule has 6 nitrogen and oxygen atoms in total. The van der Waals surface area contributed by atoms with Crippen LogP contribution in [-0.4, -0.2) is 32.2 Å². The van der Waals surface area contributed by atoms with Crippen LogP contribution in [0.1, 0.15) is 29.4 Å². The molecule has 6 heteroatoms. The number of aliphatic hydroxyl groups is 1. The third kappa shape index (κ3) is 2.93. The zero-order valence-electron chi connectivity index (χ0n) is 14.2. The Labute approximate surface area is 145 Å². The Morgan fingerprint density at radius 2 is 2.20 bits per heavy atom. The van der Waals surface area contributed by atoms with Crippen LogP contribution in [0, 0.1) is 0 Å². The van der Waals surface area contributed by atoms with E-state index in [4.69, 9.17) is 4.42 Å². The van der Waals surface area contributed by atoms with Crippen molar-refractivity contribution in [2.24, 2.45) is 0 Å². The van der Waals surface area contributed by atoms with Crippen LogP contribution < -0.4 is 0 Å². The van der Waals surface area contributed by atoms with Gasteiger partial charge in [0, 0.05) is 17.5 Å². The van der Waals surface area contributed by atoms with Gasteiger partial charge in [0.25, 0.3) is 0 Å². The summed E-state index contributed by atoms with van der Waals surface area (Å²) < 4.78 is 7.47. The predicted octanol–water partition coefficient (Wildman–Crippen LogP) is 2.27. The summed E-state index contributed by atoms with van der Waals surface area (Å²) in [6.45, 7) is 3.86. The highest BCUT2D eigenvalue weighted by Gasteiger charge is 2.23. The van der Waals surface area contributed by atoms with Crippen molar-refractivity contribution >= 4 is 16.9 Å². The average Bonchev–Trinajstić information content (AvgIpc) is 3.24. The zero-order valence-corrected chi connectivity index (χ0v) is 14.2. The van der Waals surface area contributed by atoms with Gasteiger partial charge in [-0.15, -0.1) is 0 Å². The first kappa shape index (κ1) is 15.9. The molecular formula is C19H21N3O3. The maximum Gasteiger partial charge on any atom is 0.227 e. The van der Waals surface area contributed by atoms with Crippen molar-refractivity contribution < 1.29 is 14.3 Å². The largest absolute Gasteiger partial charge is 0.464 e. The standard InChI is InChI=1S/C19H21N3O3/c1-2-13-3-4-18-17(7-13)14(12-25-18)8-19(24)21-5-6-22-16(10-21)9-15(11-23)20-22/h3-4,7,9,12,23H,2,5-6,8,10-11H2,1H3. The SMILES string of the molecule is CCc1ccc2occ(CC(=O)N3CCn4nc(CO)cc4C3)c2c1. The number of furan rings is 1. The number of hydrogen-bond donors (Lipinski definition) is 1. The number of nitrogens with zero attached hydrogens (tertiary/aromatic N) is 3. The normalized spacial score (nSPS) is 14.1. The summed E-state index contributed by atoms with van der Waals surface area (Å²) >= 11 is 0. The molecule has 1 aliphatic heterocycles. The molecule has 4 rings (SSSR count). The lowest BCUT2D eigenvalue weighted by molar-refractivity contribution is -0.131. The Morgan fingerprint density at radius 3 is 3.00 bits per heavy atom. The topological polar surface area (TPSA) is 71.5 Å². The highest BCUT2D eigenvalue weighted by atomic mass is 16.3. The van der Waals surface area contributed by atoms with Gasteiger partial charge in [0.15, 0.2) is 0 Å². The number of rotatable bonds is 4. The van der Waals surface area contributed by atoms with E-state index in [9.17, 15) is 9.90 Å². The second-order valence-electron chi connectivity index (χ2n) is 6.45. The van der Waals surface area contributed by atoms with Gasteiger partial charge >= 0.3 is 0 Å². The van der Waals surface area contributed by atoms with Crippen LogP contribution in [0.2, 0.25) is 0 Å². The van der Waals surface area contributed by atoms with Crippen LogP contribution in [0.5, 0.6) is 0 Å². The van der Waals surface area contributed by atoms with E-state index in [0.717, 1.165) is 28.6 Å². The molecule has 0 atom stereocenters. The Hall–Kier alpha value is -2.60. The summed E-state index contributed by atoms with van der Waals surface area (Å²) in [5.41, 5.74) is 4.61. The molecule has 0 spiro atoms. The number of benzene rings is 1. The molecule has 0 aliphatic carbocycles. The minimum absolute atomic E-state index is 0.0747. The Morgan fingerprint density at radius 1 is 1.32 bits per heavy atom. The first-order chi connectivity index (χ1) is 12.2. The van der Waals surface area contributed by atoms with Gasteiger partial charge in [-0.2, -0.15) is 5.10 Å². The van der Waals surface area contributed by atoms with Crippen molar-refractivity contribution in [3.63, 3.8) is 0 Å². The second kappa shape index (κ2) is 6.37. The zero-order chi connectivity index (χ0) is 17.4. The van der Waals surface area contributed by atoms with Crippen LogP contribution in [0.25, 0.3) is 11.0 Å². The Kier molecular flexibility index (Phi) is 4.05. The highest BCUT2D eigenvalue weighted by molar-refractivity contribution is 5.88. The van der Waals surface area contributed by atoms with Gasteiger partial charge in [0.05, 0.1) is 43.8 Å². The first-order valence-electron chi connectivity index (χ1n) is 8.61. The fraction of sp³-hybridized carbons (Fsp3) is 0.368. The van der Waals surface area contributed by atoms with Gasteiger partial charge in [0.1, 0.15) is 5.58 Å². The summed E-state index contributed by atoms with van der Waals surface area (Å²) in [4.78, 5) is 14.6. The van der Waals surface area contributed by atoms with Crippen molar-refractivity contribution in [3.8, 4) is 0 Å². The molecule has 0 unspecified atom stereocenters. The molecule has 0 fully saturated rings. The number of carbonyl (C=O) groups is 1. The number of carbonyl (C=O) groups excluding carboxylic acids is 1. The van der Waals surface area contributed by atoms with Gasteiger partial charge in [-0.25, -0.2) is 0 Å². The van der Waals surface area contributed by atoms with Gasteiger partial charge in [-0.1, -0.05) is 13.0 Å². The molecule has 0 bridgehead atoms. The van der Waals surface area contributed by atoms with Crippen LogP contribution in [0.3, 0.4) is 0 Å². The number of fused-ring (bicyclic) bond motifs is 2. The first-order valence-corrected chi connectivity index (χ1v) is 8.61. The molecule has 25 heavy (non-hydrogen) atoms.